The van der Waals surface area contributed by atoms with Gasteiger partial charge in [-0.2, -0.15) is 0 Å². The SMILES string of the molecule is COc1cc(/C=C2\SC(=S)N(Cc3ccc4c(c3)OCO4)C2=O)ccc1OCC(=O)Nc1ccc(F)cc1. The van der Waals surface area contributed by atoms with Gasteiger partial charge in [-0.3, -0.25) is 14.5 Å². The highest BCUT2D eigenvalue weighted by Gasteiger charge is 2.32. The molecule has 0 aromatic heterocycles. The van der Waals surface area contributed by atoms with Crippen molar-refractivity contribution in [2.45, 2.75) is 6.54 Å². The van der Waals surface area contributed by atoms with Crippen LogP contribution in [-0.2, 0) is 16.1 Å². The Hall–Kier alpha value is -4.09. The number of thiocarbonyl (C=S) groups is 1. The van der Waals surface area contributed by atoms with Crippen LogP contribution in [0.25, 0.3) is 6.08 Å². The summed E-state index contributed by atoms with van der Waals surface area (Å²) < 4.78 is 35.3. The van der Waals surface area contributed by atoms with Crippen molar-refractivity contribution in [2.75, 3.05) is 25.8 Å². The third-order valence-corrected chi connectivity index (χ3v) is 7.00. The molecule has 1 fully saturated rings. The zero-order valence-electron chi connectivity index (χ0n) is 20.1. The van der Waals surface area contributed by atoms with E-state index in [1.54, 1.807) is 24.3 Å². The molecule has 3 aromatic rings. The van der Waals surface area contributed by atoms with Gasteiger partial charge in [0.2, 0.25) is 6.79 Å². The second-order valence-corrected chi connectivity index (χ2v) is 9.89. The van der Waals surface area contributed by atoms with Crippen LogP contribution in [0.15, 0.2) is 65.6 Å². The first-order valence-electron chi connectivity index (χ1n) is 11.4. The molecule has 0 atom stereocenters. The van der Waals surface area contributed by atoms with Crippen LogP contribution in [0, 0.1) is 5.82 Å². The number of fused-ring (bicyclic) bond motifs is 1. The van der Waals surface area contributed by atoms with Crippen LogP contribution in [0.5, 0.6) is 23.0 Å². The number of halogens is 1. The normalized spacial score (nSPS) is 15.2. The summed E-state index contributed by atoms with van der Waals surface area (Å²) in [7, 11) is 1.48. The number of thioether (sulfide) groups is 1. The molecule has 8 nitrogen and oxygen atoms in total. The van der Waals surface area contributed by atoms with Crippen molar-refractivity contribution in [1.82, 2.24) is 4.90 Å². The number of methoxy groups -OCH3 is 1. The van der Waals surface area contributed by atoms with Gasteiger partial charge in [0.25, 0.3) is 11.8 Å². The lowest BCUT2D eigenvalue weighted by atomic mass is 10.1. The number of anilines is 1. The molecule has 2 amide bonds. The predicted molar refractivity (Wildman–Crippen MR) is 145 cm³/mol. The van der Waals surface area contributed by atoms with Crippen LogP contribution in [-0.4, -0.2) is 41.5 Å². The van der Waals surface area contributed by atoms with Gasteiger partial charge in [-0.1, -0.05) is 36.1 Å². The molecule has 5 rings (SSSR count). The summed E-state index contributed by atoms with van der Waals surface area (Å²) in [5.41, 5.74) is 2.03. The van der Waals surface area contributed by atoms with E-state index in [0.717, 1.165) is 5.56 Å². The minimum Gasteiger partial charge on any atom is -0.493 e. The highest BCUT2D eigenvalue weighted by Crippen LogP contribution is 2.37. The highest BCUT2D eigenvalue weighted by atomic mass is 32.2. The molecule has 2 heterocycles. The van der Waals surface area contributed by atoms with E-state index in [4.69, 9.17) is 31.2 Å². The average molecular weight is 553 g/mol. The molecule has 1 saturated heterocycles. The van der Waals surface area contributed by atoms with Gasteiger partial charge in [0.1, 0.15) is 10.1 Å². The number of benzene rings is 3. The van der Waals surface area contributed by atoms with Crippen LogP contribution in [0.3, 0.4) is 0 Å². The molecule has 2 aliphatic heterocycles. The maximum Gasteiger partial charge on any atom is 0.266 e. The topological polar surface area (TPSA) is 86.3 Å². The Balaban J connectivity index is 1.23. The fraction of sp³-hybridized carbons (Fsp3) is 0.148. The van der Waals surface area contributed by atoms with Gasteiger partial charge in [-0.05, 0) is 65.7 Å². The van der Waals surface area contributed by atoms with Crippen molar-refractivity contribution in [2.24, 2.45) is 0 Å². The molecule has 0 unspecified atom stereocenters. The number of nitrogens with one attached hydrogen (secondary N) is 1. The Morgan fingerprint density at radius 1 is 1.11 bits per heavy atom. The standard InChI is InChI=1S/C27H21FN2O6S2/c1-33-22-10-16(2-8-20(22)34-14-25(31)29-19-6-4-18(28)5-7-19)12-24-26(32)30(27(37)38-24)13-17-3-9-21-23(11-17)36-15-35-21/h2-12H,13-15H2,1H3,(H,29,31)/b24-12-. The summed E-state index contributed by atoms with van der Waals surface area (Å²) >= 11 is 6.68. The summed E-state index contributed by atoms with van der Waals surface area (Å²) in [6, 6.07) is 16.1. The van der Waals surface area contributed by atoms with Gasteiger partial charge in [-0.25, -0.2) is 4.39 Å². The first-order valence-corrected chi connectivity index (χ1v) is 12.6. The molecule has 194 valence electrons. The number of hydrogen-bond donors (Lipinski definition) is 1. The fourth-order valence-electron chi connectivity index (χ4n) is 3.78. The number of nitrogens with zero attached hydrogens (tertiary/aromatic N) is 1. The molecule has 11 heteroatoms. The zero-order chi connectivity index (χ0) is 26.6. The lowest BCUT2D eigenvalue weighted by molar-refractivity contribution is -0.122. The van der Waals surface area contributed by atoms with E-state index in [1.165, 1.54) is 48.0 Å². The fourth-order valence-corrected chi connectivity index (χ4v) is 5.03. The second-order valence-electron chi connectivity index (χ2n) is 8.21. The van der Waals surface area contributed by atoms with Gasteiger partial charge in [-0.15, -0.1) is 0 Å². The van der Waals surface area contributed by atoms with E-state index >= 15 is 0 Å². The molecule has 0 aliphatic carbocycles. The number of carbonyl (C=O) groups is 2. The largest absolute Gasteiger partial charge is 0.493 e. The first kappa shape index (κ1) is 25.6. The van der Waals surface area contributed by atoms with Crippen molar-refractivity contribution >= 4 is 51.9 Å². The molecular formula is C27H21FN2O6S2. The van der Waals surface area contributed by atoms with E-state index < -0.39 is 11.7 Å². The summed E-state index contributed by atoms with van der Waals surface area (Å²) in [6.45, 7) is 0.222. The molecular weight excluding hydrogens is 531 g/mol. The van der Waals surface area contributed by atoms with Crippen LogP contribution < -0.4 is 24.3 Å². The first-order chi connectivity index (χ1) is 18.4. The summed E-state index contributed by atoms with van der Waals surface area (Å²) in [6.07, 6.45) is 1.73. The lowest BCUT2D eigenvalue weighted by Gasteiger charge is -2.14. The Morgan fingerprint density at radius 3 is 2.68 bits per heavy atom. The Kier molecular flexibility index (Phi) is 7.47. The maximum atomic E-state index is 13.1. The van der Waals surface area contributed by atoms with E-state index in [2.05, 4.69) is 5.32 Å². The number of rotatable bonds is 8. The van der Waals surface area contributed by atoms with E-state index in [1.807, 2.05) is 18.2 Å². The van der Waals surface area contributed by atoms with Crippen LogP contribution in [0.1, 0.15) is 11.1 Å². The third kappa shape index (κ3) is 5.74. The minimum absolute atomic E-state index is 0.180. The van der Waals surface area contributed by atoms with E-state index in [-0.39, 0.29) is 19.3 Å². The second kappa shape index (κ2) is 11.1. The highest BCUT2D eigenvalue weighted by molar-refractivity contribution is 8.26. The molecule has 2 aliphatic rings. The molecule has 0 bridgehead atoms. The minimum atomic E-state index is -0.408. The van der Waals surface area contributed by atoms with Gasteiger partial charge in [0, 0.05) is 5.69 Å². The van der Waals surface area contributed by atoms with Crippen molar-refractivity contribution in [1.29, 1.82) is 0 Å². The lowest BCUT2D eigenvalue weighted by Crippen LogP contribution is -2.27. The zero-order valence-corrected chi connectivity index (χ0v) is 21.7. The summed E-state index contributed by atoms with van der Waals surface area (Å²) in [5.74, 6) is 1.07. The third-order valence-electron chi connectivity index (χ3n) is 5.62. The van der Waals surface area contributed by atoms with E-state index in [9.17, 15) is 14.0 Å². The number of carbonyl (C=O) groups excluding carboxylic acids is 2. The molecule has 3 aromatic carbocycles. The van der Waals surface area contributed by atoms with Gasteiger partial charge < -0.3 is 24.3 Å². The molecule has 0 spiro atoms. The van der Waals surface area contributed by atoms with Gasteiger partial charge >= 0.3 is 0 Å². The molecule has 38 heavy (non-hydrogen) atoms. The van der Waals surface area contributed by atoms with Gasteiger partial charge in [0.05, 0.1) is 18.6 Å². The Bertz CT molecular complexity index is 1440. The number of hydrogen-bond acceptors (Lipinski definition) is 8. The molecule has 0 saturated carbocycles. The Morgan fingerprint density at radius 2 is 1.89 bits per heavy atom. The van der Waals surface area contributed by atoms with Gasteiger partial charge in [0.15, 0.2) is 29.6 Å². The maximum absolute atomic E-state index is 13.1. The molecule has 0 radical (unpaired) electrons. The van der Waals surface area contributed by atoms with Crippen molar-refractivity contribution in [3.63, 3.8) is 0 Å². The Labute approximate surface area is 227 Å². The monoisotopic (exact) mass is 552 g/mol. The predicted octanol–water partition coefficient (Wildman–Crippen LogP) is 4.98. The van der Waals surface area contributed by atoms with Crippen LogP contribution >= 0.6 is 24.0 Å². The van der Waals surface area contributed by atoms with Crippen LogP contribution in [0.2, 0.25) is 0 Å². The van der Waals surface area contributed by atoms with Crippen molar-refractivity contribution < 1.29 is 32.9 Å². The average Bonchev–Trinajstić information content (AvgIpc) is 3.48. The van der Waals surface area contributed by atoms with E-state index in [0.29, 0.717) is 50.0 Å². The number of amides is 2. The van der Waals surface area contributed by atoms with Crippen molar-refractivity contribution in [3.8, 4) is 23.0 Å². The summed E-state index contributed by atoms with van der Waals surface area (Å²) in [4.78, 5) is 27.3. The van der Waals surface area contributed by atoms with Crippen molar-refractivity contribution in [3.05, 3.63) is 82.5 Å². The summed E-state index contributed by atoms with van der Waals surface area (Å²) in [5, 5.41) is 2.63. The smallest absolute Gasteiger partial charge is 0.266 e. The molecule has 1 N–H and O–H groups in total. The number of ether oxygens (including phenoxy) is 4. The quantitative estimate of drug-likeness (QED) is 0.309. The van der Waals surface area contributed by atoms with Crippen LogP contribution in [0.4, 0.5) is 10.1 Å².